The Morgan fingerprint density at radius 1 is 0.975 bits per heavy atom. The third-order valence-corrected chi connectivity index (χ3v) is 8.89. The van der Waals surface area contributed by atoms with Gasteiger partial charge in [0.15, 0.2) is 0 Å². The molecule has 214 valence electrons. The average Bonchev–Trinajstić information content (AvgIpc) is 2.92. The number of anilines is 1. The molecule has 0 fully saturated rings. The van der Waals surface area contributed by atoms with Crippen LogP contribution in [0.5, 0.6) is 0 Å². The molecule has 0 saturated heterocycles. The van der Waals surface area contributed by atoms with Crippen molar-refractivity contribution in [2.45, 2.75) is 51.1 Å². The van der Waals surface area contributed by atoms with Gasteiger partial charge in [-0.1, -0.05) is 60.3 Å². The number of carbonyl (C=O) groups is 2. The van der Waals surface area contributed by atoms with Crippen LogP contribution < -0.4 is 9.62 Å². The maximum Gasteiger partial charge on any atom is 0.264 e. The number of unbranched alkanes of at least 4 members (excludes halogenated alkanes) is 1. The summed E-state index contributed by atoms with van der Waals surface area (Å²) in [4.78, 5) is 28.1. The predicted molar refractivity (Wildman–Crippen MR) is 157 cm³/mol. The summed E-state index contributed by atoms with van der Waals surface area (Å²) in [6, 6.07) is 14.9. The van der Waals surface area contributed by atoms with Crippen molar-refractivity contribution in [3.63, 3.8) is 0 Å². The van der Waals surface area contributed by atoms with Gasteiger partial charge in [-0.3, -0.25) is 13.9 Å². The highest BCUT2D eigenvalue weighted by atomic mass is 35.5. The van der Waals surface area contributed by atoms with E-state index in [4.69, 9.17) is 23.2 Å². The summed E-state index contributed by atoms with van der Waals surface area (Å²) in [5.41, 5.74) is 1.36. The summed E-state index contributed by atoms with van der Waals surface area (Å²) in [7, 11) is -4.25. The van der Waals surface area contributed by atoms with Gasteiger partial charge < -0.3 is 10.2 Å². The standard InChI is InChI=1S/C29H32Cl2FN3O4S/c1-4-5-17-33-29(37)21(3)34(18-25-26(30)7-6-8-27(25)31)28(36)19-35(23-13-11-22(32)12-14-23)40(38,39)24-15-9-20(2)10-16-24/h6-16,21H,4-5,17-19H2,1-3H3,(H,33,37)/t21-/m0/s1. The van der Waals surface area contributed by atoms with Crippen molar-refractivity contribution in [1.29, 1.82) is 0 Å². The summed E-state index contributed by atoms with van der Waals surface area (Å²) in [6.45, 7) is 5.00. The van der Waals surface area contributed by atoms with Crippen LogP contribution in [0.1, 0.15) is 37.8 Å². The highest BCUT2D eigenvalue weighted by Gasteiger charge is 2.33. The van der Waals surface area contributed by atoms with E-state index >= 15 is 0 Å². The Bertz CT molecular complexity index is 1410. The lowest BCUT2D eigenvalue weighted by atomic mass is 10.1. The van der Waals surface area contributed by atoms with Crippen LogP contribution in [0.4, 0.5) is 10.1 Å². The minimum absolute atomic E-state index is 0.0405. The van der Waals surface area contributed by atoms with E-state index in [0.29, 0.717) is 22.2 Å². The van der Waals surface area contributed by atoms with Gasteiger partial charge in [0.1, 0.15) is 18.4 Å². The SMILES string of the molecule is CCCCNC(=O)[C@H](C)N(Cc1c(Cl)cccc1Cl)C(=O)CN(c1ccc(F)cc1)S(=O)(=O)c1ccc(C)cc1. The van der Waals surface area contributed by atoms with Crippen molar-refractivity contribution in [1.82, 2.24) is 10.2 Å². The van der Waals surface area contributed by atoms with E-state index in [1.54, 1.807) is 37.3 Å². The molecule has 0 saturated carbocycles. The minimum Gasteiger partial charge on any atom is -0.354 e. The number of amides is 2. The molecule has 0 bridgehead atoms. The van der Waals surface area contributed by atoms with E-state index in [-0.39, 0.29) is 17.1 Å². The van der Waals surface area contributed by atoms with Gasteiger partial charge >= 0.3 is 0 Å². The summed E-state index contributed by atoms with van der Waals surface area (Å²) >= 11 is 12.8. The Labute approximate surface area is 244 Å². The topological polar surface area (TPSA) is 86.8 Å². The third kappa shape index (κ3) is 7.74. The first-order valence-corrected chi connectivity index (χ1v) is 15.0. The van der Waals surface area contributed by atoms with Gasteiger partial charge in [-0.05, 0) is 68.8 Å². The largest absolute Gasteiger partial charge is 0.354 e. The molecule has 40 heavy (non-hydrogen) atoms. The number of nitrogens with zero attached hydrogens (tertiary/aromatic N) is 2. The Morgan fingerprint density at radius 3 is 2.15 bits per heavy atom. The Balaban J connectivity index is 2.03. The number of nitrogens with one attached hydrogen (secondary N) is 1. The predicted octanol–water partition coefficient (Wildman–Crippen LogP) is 5.97. The highest BCUT2D eigenvalue weighted by Crippen LogP contribution is 2.28. The number of aryl methyl sites for hydroxylation is 1. The molecular formula is C29H32Cl2FN3O4S. The number of benzene rings is 3. The van der Waals surface area contributed by atoms with Crippen LogP contribution in [0.3, 0.4) is 0 Å². The quantitative estimate of drug-likeness (QED) is 0.257. The molecule has 0 aromatic heterocycles. The maximum atomic E-state index is 13.9. The lowest BCUT2D eigenvalue weighted by molar-refractivity contribution is -0.139. The molecule has 3 rings (SSSR count). The molecule has 0 unspecified atom stereocenters. The Morgan fingerprint density at radius 2 is 1.57 bits per heavy atom. The van der Waals surface area contributed by atoms with E-state index in [9.17, 15) is 22.4 Å². The maximum absolute atomic E-state index is 13.9. The van der Waals surface area contributed by atoms with Gasteiger partial charge in [-0.15, -0.1) is 0 Å². The van der Waals surface area contributed by atoms with Crippen molar-refractivity contribution in [2.24, 2.45) is 0 Å². The zero-order valence-electron chi connectivity index (χ0n) is 22.5. The molecule has 0 aliphatic rings. The molecule has 3 aromatic rings. The van der Waals surface area contributed by atoms with Gasteiger partial charge in [0.2, 0.25) is 11.8 Å². The normalized spacial score (nSPS) is 12.1. The van der Waals surface area contributed by atoms with Crippen molar-refractivity contribution in [3.8, 4) is 0 Å². The van der Waals surface area contributed by atoms with Crippen LogP contribution >= 0.6 is 23.2 Å². The van der Waals surface area contributed by atoms with Crippen LogP contribution in [0.25, 0.3) is 0 Å². The highest BCUT2D eigenvalue weighted by molar-refractivity contribution is 7.92. The molecule has 0 spiro atoms. The lowest BCUT2D eigenvalue weighted by Crippen LogP contribution is -2.51. The fraction of sp³-hybridized carbons (Fsp3) is 0.310. The molecule has 0 aliphatic carbocycles. The summed E-state index contributed by atoms with van der Waals surface area (Å²) in [5.74, 6) is -1.64. The summed E-state index contributed by atoms with van der Waals surface area (Å²) in [6.07, 6.45) is 1.63. The van der Waals surface area contributed by atoms with Gasteiger partial charge in [0, 0.05) is 28.7 Å². The molecule has 0 aliphatic heterocycles. The second kappa shape index (κ2) is 14.0. The van der Waals surface area contributed by atoms with Gasteiger partial charge in [0.05, 0.1) is 10.6 Å². The summed E-state index contributed by atoms with van der Waals surface area (Å²) in [5, 5.41) is 3.41. The monoisotopic (exact) mass is 607 g/mol. The van der Waals surface area contributed by atoms with E-state index < -0.39 is 40.2 Å². The molecule has 11 heteroatoms. The van der Waals surface area contributed by atoms with Crippen LogP contribution in [0, 0.1) is 12.7 Å². The van der Waals surface area contributed by atoms with Gasteiger partial charge in [-0.25, -0.2) is 12.8 Å². The molecule has 1 N–H and O–H groups in total. The Hall–Kier alpha value is -3.14. The van der Waals surface area contributed by atoms with Crippen molar-refractivity contribution in [3.05, 3.63) is 93.7 Å². The van der Waals surface area contributed by atoms with Crippen molar-refractivity contribution < 1.29 is 22.4 Å². The van der Waals surface area contributed by atoms with Crippen LogP contribution in [-0.4, -0.2) is 44.3 Å². The molecule has 7 nitrogen and oxygen atoms in total. The van der Waals surface area contributed by atoms with Gasteiger partial charge in [0.25, 0.3) is 10.0 Å². The van der Waals surface area contributed by atoms with Crippen molar-refractivity contribution >= 4 is 50.7 Å². The van der Waals surface area contributed by atoms with E-state index in [1.165, 1.54) is 29.2 Å². The smallest absolute Gasteiger partial charge is 0.264 e. The second-order valence-corrected chi connectivity index (χ2v) is 12.0. The Kier molecular flexibility index (Phi) is 11.0. The first kappa shape index (κ1) is 31.4. The average molecular weight is 609 g/mol. The first-order valence-electron chi connectivity index (χ1n) is 12.8. The molecule has 0 heterocycles. The number of rotatable bonds is 12. The molecule has 3 aromatic carbocycles. The van der Waals surface area contributed by atoms with E-state index in [0.717, 1.165) is 34.8 Å². The lowest BCUT2D eigenvalue weighted by Gasteiger charge is -2.32. The number of halogens is 3. The summed E-state index contributed by atoms with van der Waals surface area (Å²) < 4.78 is 42.2. The van der Waals surface area contributed by atoms with Crippen molar-refractivity contribution in [2.75, 3.05) is 17.4 Å². The third-order valence-electron chi connectivity index (χ3n) is 6.39. The molecule has 1 atom stereocenters. The van der Waals surface area contributed by atoms with Gasteiger partial charge in [-0.2, -0.15) is 0 Å². The zero-order valence-corrected chi connectivity index (χ0v) is 24.9. The number of carbonyl (C=O) groups excluding carboxylic acids is 2. The second-order valence-electron chi connectivity index (χ2n) is 9.34. The fourth-order valence-corrected chi connectivity index (χ4v) is 5.88. The minimum atomic E-state index is -4.25. The van der Waals surface area contributed by atoms with Crippen LogP contribution in [0.15, 0.2) is 71.6 Å². The van der Waals surface area contributed by atoms with E-state index in [2.05, 4.69) is 5.32 Å². The molecular weight excluding hydrogens is 576 g/mol. The number of hydrogen-bond donors (Lipinski definition) is 1. The molecule has 0 radical (unpaired) electrons. The fourth-order valence-electron chi connectivity index (χ4n) is 3.95. The zero-order chi connectivity index (χ0) is 29.4. The van der Waals surface area contributed by atoms with Crippen LogP contribution in [0.2, 0.25) is 10.0 Å². The number of hydrogen-bond acceptors (Lipinski definition) is 4. The van der Waals surface area contributed by atoms with E-state index in [1.807, 2.05) is 13.8 Å². The molecule has 2 amide bonds. The first-order chi connectivity index (χ1) is 18.9. The number of sulfonamides is 1. The van der Waals surface area contributed by atoms with Crippen LogP contribution in [-0.2, 0) is 26.2 Å².